The number of sulfonamides is 1. The van der Waals surface area contributed by atoms with Gasteiger partial charge in [0.25, 0.3) is 0 Å². The number of nitrogens with zero attached hydrogens (tertiary/aromatic N) is 1. The molecule has 2 saturated carbocycles. The van der Waals surface area contributed by atoms with Gasteiger partial charge >= 0.3 is 0 Å². The summed E-state index contributed by atoms with van der Waals surface area (Å²) < 4.78 is 27.2. The molecule has 156 valence electrons. The van der Waals surface area contributed by atoms with Crippen LogP contribution in [0.15, 0.2) is 23.1 Å². The molecule has 2 fully saturated rings. The molecule has 8 heteroatoms. The molecule has 0 radical (unpaired) electrons. The Hall–Kier alpha value is -1.15. The Bertz CT molecular complexity index is 831. The highest BCUT2D eigenvalue weighted by atomic mass is 35.5. The maximum Gasteiger partial charge on any atom is 0.240 e. The summed E-state index contributed by atoms with van der Waals surface area (Å²) in [5.41, 5.74) is 8.18. The standard InChI is InChI=1S/C20H29N3O3S.ClH/c1-2-22-27(25,26)17-7-6-13-8-9-23(18(13)12-17)20(24)16-10-14-4-3-5-15(11-16)19(14)21;/h6-7,12,14-16,19,22H,2-5,8-11,21H2,1H3;1H. The number of hydrogen-bond acceptors (Lipinski definition) is 4. The predicted molar refractivity (Wildman–Crippen MR) is 112 cm³/mol. The average Bonchev–Trinajstić information content (AvgIpc) is 3.04. The zero-order valence-corrected chi connectivity index (χ0v) is 17.9. The molecule has 0 aromatic heterocycles. The van der Waals surface area contributed by atoms with Crippen molar-refractivity contribution in [3.05, 3.63) is 23.8 Å². The molecule has 1 aromatic rings. The molecule has 1 aliphatic heterocycles. The summed E-state index contributed by atoms with van der Waals surface area (Å²) >= 11 is 0. The summed E-state index contributed by atoms with van der Waals surface area (Å²) in [6.45, 7) is 2.73. The number of nitrogens with two attached hydrogens (primary N) is 1. The van der Waals surface area contributed by atoms with E-state index in [1.807, 2.05) is 11.0 Å². The topological polar surface area (TPSA) is 92.5 Å². The molecular weight excluding hydrogens is 398 g/mol. The van der Waals surface area contributed by atoms with E-state index in [-0.39, 0.29) is 35.2 Å². The molecule has 28 heavy (non-hydrogen) atoms. The molecule has 0 spiro atoms. The van der Waals surface area contributed by atoms with E-state index in [0.717, 1.165) is 43.4 Å². The van der Waals surface area contributed by atoms with E-state index in [1.54, 1.807) is 19.1 Å². The zero-order chi connectivity index (χ0) is 19.2. The van der Waals surface area contributed by atoms with Gasteiger partial charge in [0.15, 0.2) is 0 Å². The van der Waals surface area contributed by atoms with Crippen molar-refractivity contribution in [3.63, 3.8) is 0 Å². The molecule has 1 amide bonds. The third-order valence-corrected chi connectivity index (χ3v) is 8.17. The van der Waals surface area contributed by atoms with Crippen molar-refractivity contribution in [3.8, 4) is 0 Å². The van der Waals surface area contributed by atoms with Gasteiger partial charge in [-0.3, -0.25) is 4.79 Å². The van der Waals surface area contributed by atoms with E-state index in [2.05, 4.69) is 4.72 Å². The molecule has 1 heterocycles. The van der Waals surface area contributed by atoms with Crippen LogP contribution in [0.1, 0.15) is 44.6 Å². The van der Waals surface area contributed by atoms with Gasteiger partial charge in [0, 0.05) is 30.7 Å². The lowest BCUT2D eigenvalue weighted by atomic mass is 9.65. The summed E-state index contributed by atoms with van der Waals surface area (Å²) in [6.07, 6.45) is 6.01. The van der Waals surface area contributed by atoms with E-state index in [9.17, 15) is 13.2 Å². The van der Waals surface area contributed by atoms with Gasteiger partial charge in [-0.15, -0.1) is 12.4 Å². The molecule has 0 saturated heterocycles. The molecule has 2 aliphatic carbocycles. The number of amides is 1. The second kappa shape index (κ2) is 8.30. The second-order valence-electron chi connectivity index (χ2n) is 8.23. The molecule has 3 aliphatic rings. The second-order valence-corrected chi connectivity index (χ2v) is 10.00. The first-order valence-electron chi connectivity index (χ1n) is 10.1. The molecule has 3 N–H and O–H groups in total. The Morgan fingerprint density at radius 1 is 1.25 bits per heavy atom. The largest absolute Gasteiger partial charge is 0.327 e. The van der Waals surface area contributed by atoms with Crippen LogP contribution in [0.5, 0.6) is 0 Å². The fourth-order valence-electron chi connectivity index (χ4n) is 5.24. The van der Waals surface area contributed by atoms with Crippen molar-refractivity contribution in [2.45, 2.75) is 56.4 Å². The highest BCUT2D eigenvalue weighted by Crippen LogP contribution is 2.43. The number of benzene rings is 1. The van der Waals surface area contributed by atoms with Crippen LogP contribution < -0.4 is 15.4 Å². The number of anilines is 1. The third-order valence-electron chi connectivity index (χ3n) is 6.63. The van der Waals surface area contributed by atoms with Gasteiger partial charge in [-0.05, 0) is 61.6 Å². The van der Waals surface area contributed by atoms with Gasteiger partial charge in [-0.1, -0.05) is 19.4 Å². The first-order valence-corrected chi connectivity index (χ1v) is 11.6. The van der Waals surface area contributed by atoms with Crippen LogP contribution in [0.4, 0.5) is 5.69 Å². The molecule has 2 atom stereocenters. The summed E-state index contributed by atoms with van der Waals surface area (Å²) in [4.78, 5) is 15.4. The fourth-order valence-corrected chi connectivity index (χ4v) is 6.30. The number of rotatable bonds is 4. The third kappa shape index (κ3) is 3.82. The maximum absolute atomic E-state index is 13.3. The SMILES string of the molecule is CCNS(=O)(=O)c1ccc2c(c1)N(C(=O)C1CC3CCCC(C1)C3N)CC2.Cl. The lowest BCUT2D eigenvalue weighted by molar-refractivity contribution is -0.125. The normalized spacial score (nSPS) is 29.1. The Labute approximate surface area is 173 Å². The molecule has 6 nitrogen and oxygen atoms in total. The summed E-state index contributed by atoms with van der Waals surface area (Å²) in [5, 5.41) is 0. The Kier molecular flexibility index (Phi) is 6.39. The van der Waals surface area contributed by atoms with Crippen LogP contribution in [-0.4, -0.2) is 33.5 Å². The molecule has 2 bridgehead atoms. The average molecular weight is 428 g/mol. The maximum atomic E-state index is 13.3. The highest BCUT2D eigenvalue weighted by Gasteiger charge is 2.42. The van der Waals surface area contributed by atoms with Gasteiger partial charge in [0.1, 0.15) is 0 Å². The van der Waals surface area contributed by atoms with Crippen LogP contribution in [-0.2, 0) is 21.2 Å². The first-order chi connectivity index (χ1) is 12.9. The molecule has 1 aromatic carbocycles. The van der Waals surface area contributed by atoms with Crippen molar-refractivity contribution in [2.75, 3.05) is 18.0 Å². The van der Waals surface area contributed by atoms with Crippen LogP contribution in [0.2, 0.25) is 0 Å². The number of hydrogen-bond donors (Lipinski definition) is 2. The Balaban J connectivity index is 0.00000225. The smallest absolute Gasteiger partial charge is 0.240 e. The van der Waals surface area contributed by atoms with Crippen LogP contribution in [0.25, 0.3) is 0 Å². The van der Waals surface area contributed by atoms with Gasteiger partial charge in [0.2, 0.25) is 15.9 Å². The van der Waals surface area contributed by atoms with Crippen molar-refractivity contribution < 1.29 is 13.2 Å². The van der Waals surface area contributed by atoms with E-state index in [4.69, 9.17) is 5.73 Å². The summed E-state index contributed by atoms with van der Waals surface area (Å²) in [7, 11) is -3.53. The molecule has 2 unspecified atom stereocenters. The zero-order valence-electron chi connectivity index (χ0n) is 16.3. The number of carbonyl (C=O) groups is 1. The van der Waals surface area contributed by atoms with E-state index >= 15 is 0 Å². The highest BCUT2D eigenvalue weighted by molar-refractivity contribution is 7.89. The van der Waals surface area contributed by atoms with E-state index < -0.39 is 10.0 Å². The lowest BCUT2D eigenvalue weighted by Gasteiger charge is -2.44. The van der Waals surface area contributed by atoms with Gasteiger partial charge in [-0.2, -0.15) is 0 Å². The van der Waals surface area contributed by atoms with Crippen LogP contribution in [0.3, 0.4) is 0 Å². The fraction of sp³-hybridized carbons (Fsp3) is 0.650. The predicted octanol–water partition coefficient (Wildman–Crippen LogP) is 2.45. The van der Waals surface area contributed by atoms with Crippen LogP contribution in [0, 0.1) is 17.8 Å². The Morgan fingerprint density at radius 2 is 1.93 bits per heavy atom. The van der Waals surface area contributed by atoms with Crippen molar-refractivity contribution in [1.29, 1.82) is 0 Å². The number of fused-ring (bicyclic) bond motifs is 3. The lowest BCUT2D eigenvalue weighted by Crippen LogP contribution is -2.49. The summed E-state index contributed by atoms with van der Waals surface area (Å²) in [6, 6.07) is 5.38. The van der Waals surface area contributed by atoms with Gasteiger partial charge < -0.3 is 10.6 Å². The molecular formula is C20H30ClN3O3S. The monoisotopic (exact) mass is 427 g/mol. The minimum Gasteiger partial charge on any atom is -0.327 e. The van der Waals surface area contributed by atoms with Crippen molar-refractivity contribution in [1.82, 2.24) is 4.72 Å². The minimum atomic E-state index is -3.53. The number of nitrogens with one attached hydrogen (secondary N) is 1. The minimum absolute atomic E-state index is 0. The number of carbonyl (C=O) groups excluding carboxylic acids is 1. The number of halogens is 1. The summed E-state index contributed by atoms with van der Waals surface area (Å²) in [5.74, 6) is 1.07. The molecule has 4 rings (SSSR count). The van der Waals surface area contributed by atoms with Crippen molar-refractivity contribution in [2.24, 2.45) is 23.5 Å². The van der Waals surface area contributed by atoms with Gasteiger partial charge in [-0.25, -0.2) is 13.1 Å². The first kappa shape index (κ1) is 21.6. The van der Waals surface area contributed by atoms with E-state index in [0.29, 0.717) is 24.9 Å². The van der Waals surface area contributed by atoms with Gasteiger partial charge in [0.05, 0.1) is 4.90 Å². The Morgan fingerprint density at radius 3 is 2.57 bits per heavy atom. The van der Waals surface area contributed by atoms with Crippen LogP contribution >= 0.6 is 12.4 Å². The van der Waals surface area contributed by atoms with E-state index in [1.165, 1.54) is 6.42 Å². The quantitative estimate of drug-likeness (QED) is 0.771. The van der Waals surface area contributed by atoms with Crippen molar-refractivity contribution >= 4 is 34.0 Å².